The summed E-state index contributed by atoms with van der Waals surface area (Å²) in [6, 6.07) is 4.20. The van der Waals surface area contributed by atoms with Gasteiger partial charge in [0.05, 0.1) is 36.5 Å². The van der Waals surface area contributed by atoms with Crippen LogP contribution >= 0.6 is 0 Å². The molecular weight excluding hydrogens is 330 g/mol. The number of rotatable bonds is 3. The highest BCUT2D eigenvalue weighted by molar-refractivity contribution is 5.67. The third kappa shape index (κ3) is 2.21. The van der Waals surface area contributed by atoms with Crippen LogP contribution in [0.15, 0.2) is 24.5 Å². The SMILES string of the molecule is [C-]#[N+]C1(c2cc(N3CCOC[C@H]3C)nn3c(-c4ccn[nH]4)ncc23)CC1. The summed E-state index contributed by atoms with van der Waals surface area (Å²) in [6.07, 6.45) is 5.29. The van der Waals surface area contributed by atoms with E-state index in [0.29, 0.717) is 19.0 Å². The average Bonchev–Trinajstić information content (AvgIpc) is 3.06. The fraction of sp³-hybridized carbons (Fsp3) is 0.444. The topological polar surface area (TPSA) is 75.7 Å². The van der Waals surface area contributed by atoms with Gasteiger partial charge in [-0.3, -0.25) is 5.10 Å². The summed E-state index contributed by atoms with van der Waals surface area (Å²) in [5.41, 5.74) is 2.30. The highest BCUT2D eigenvalue weighted by atomic mass is 16.5. The number of hydrogen-bond donors (Lipinski definition) is 1. The number of ether oxygens (including phenoxy) is 1. The highest BCUT2D eigenvalue weighted by Crippen LogP contribution is 2.51. The number of aromatic amines is 1. The van der Waals surface area contributed by atoms with Gasteiger partial charge in [-0.2, -0.15) is 5.10 Å². The Morgan fingerprint density at radius 1 is 1.42 bits per heavy atom. The van der Waals surface area contributed by atoms with Gasteiger partial charge < -0.3 is 14.5 Å². The summed E-state index contributed by atoms with van der Waals surface area (Å²) in [6.45, 7) is 12.0. The first kappa shape index (κ1) is 15.3. The van der Waals surface area contributed by atoms with Gasteiger partial charge in [-0.25, -0.2) is 16.1 Å². The molecule has 26 heavy (non-hydrogen) atoms. The van der Waals surface area contributed by atoms with Crippen LogP contribution in [0.2, 0.25) is 0 Å². The van der Waals surface area contributed by atoms with Crippen molar-refractivity contribution >= 4 is 11.3 Å². The van der Waals surface area contributed by atoms with Gasteiger partial charge in [0.2, 0.25) is 0 Å². The van der Waals surface area contributed by atoms with E-state index in [9.17, 15) is 0 Å². The zero-order valence-electron chi connectivity index (χ0n) is 14.5. The third-order valence-corrected chi connectivity index (χ3v) is 5.33. The van der Waals surface area contributed by atoms with E-state index in [1.165, 1.54) is 0 Å². The van der Waals surface area contributed by atoms with E-state index in [4.69, 9.17) is 16.4 Å². The zero-order chi connectivity index (χ0) is 17.7. The summed E-state index contributed by atoms with van der Waals surface area (Å²) >= 11 is 0. The molecule has 1 aliphatic carbocycles. The molecule has 1 atom stereocenters. The van der Waals surface area contributed by atoms with E-state index in [-0.39, 0.29) is 6.04 Å². The lowest BCUT2D eigenvalue weighted by molar-refractivity contribution is 0.0984. The van der Waals surface area contributed by atoms with Gasteiger partial charge in [0, 0.05) is 25.6 Å². The van der Waals surface area contributed by atoms with Crippen LogP contribution < -0.4 is 4.90 Å². The van der Waals surface area contributed by atoms with Crippen molar-refractivity contribution < 1.29 is 4.74 Å². The molecule has 5 rings (SSSR count). The molecular formula is C18H19N7O. The molecule has 0 radical (unpaired) electrons. The van der Waals surface area contributed by atoms with Crippen LogP contribution in [0.4, 0.5) is 5.82 Å². The first-order valence-corrected chi connectivity index (χ1v) is 8.84. The third-order valence-electron chi connectivity index (χ3n) is 5.33. The van der Waals surface area contributed by atoms with Crippen LogP contribution in [0.1, 0.15) is 25.3 Å². The lowest BCUT2D eigenvalue weighted by Gasteiger charge is -2.34. The molecule has 0 unspecified atom stereocenters. The van der Waals surface area contributed by atoms with E-state index in [1.54, 1.807) is 6.20 Å². The number of fused-ring (bicyclic) bond motifs is 1. The minimum Gasteiger partial charge on any atom is -0.377 e. The van der Waals surface area contributed by atoms with Crippen molar-refractivity contribution in [2.45, 2.75) is 31.3 Å². The Morgan fingerprint density at radius 3 is 3.00 bits per heavy atom. The Balaban J connectivity index is 1.73. The molecule has 0 amide bonds. The number of morpholine rings is 1. The standard InChI is InChI=1S/C18H19N7O/c1-12-11-26-8-7-24(12)16-9-13(18(19-2)4-5-18)15-10-20-17(25(15)23-16)14-3-6-21-22-14/h3,6,9-10,12H,4-5,7-8,11H2,1H3,(H,21,22)/t12-/m1/s1. The Morgan fingerprint density at radius 2 is 2.31 bits per heavy atom. The summed E-state index contributed by atoms with van der Waals surface area (Å²) < 4.78 is 7.42. The van der Waals surface area contributed by atoms with Crippen molar-refractivity contribution in [3.63, 3.8) is 0 Å². The second kappa shape index (κ2) is 5.54. The molecule has 2 aliphatic rings. The minimum absolute atomic E-state index is 0.240. The Bertz CT molecular complexity index is 997. The van der Waals surface area contributed by atoms with E-state index < -0.39 is 5.54 Å². The van der Waals surface area contributed by atoms with E-state index in [2.05, 4.69) is 37.9 Å². The van der Waals surface area contributed by atoms with Gasteiger partial charge in [-0.05, 0) is 19.1 Å². The number of nitrogens with zero attached hydrogens (tertiary/aromatic N) is 6. The van der Waals surface area contributed by atoms with E-state index >= 15 is 0 Å². The van der Waals surface area contributed by atoms with Crippen molar-refractivity contribution in [1.82, 2.24) is 24.8 Å². The monoisotopic (exact) mass is 349 g/mol. The van der Waals surface area contributed by atoms with Gasteiger partial charge in [0.1, 0.15) is 5.69 Å². The molecule has 4 heterocycles. The van der Waals surface area contributed by atoms with Crippen LogP contribution in [0, 0.1) is 6.57 Å². The predicted molar refractivity (Wildman–Crippen MR) is 95.7 cm³/mol. The largest absolute Gasteiger partial charge is 0.377 e. The fourth-order valence-corrected chi connectivity index (χ4v) is 3.67. The molecule has 8 heteroatoms. The van der Waals surface area contributed by atoms with Crippen molar-refractivity contribution in [3.05, 3.63) is 41.5 Å². The maximum Gasteiger partial charge on any atom is 0.260 e. The van der Waals surface area contributed by atoms with Gasteiger partial charge in [-0.1, -0.05) is 0 Å². The van der Waals surface area contributed by atoms with Crippen molar-refractivity contribution in [2.75, 3.05) is 24.7 Å². The summed E-state index contributed by atoms with van der Waals surface area (Å²) in [5.74, 6) is 1.58. The molecule has 0 bridgehead atoms. The average molecular weight is 349 g/mol. The number of anilines is 1. The molecule has 1 saturated heterocycles. The van der Waals surface area contributed by atoms with Gasteiger partial charge in [0.25, 0.3) is 5.54 Å². The number of imidazole rings is 1. The molecule has 2 fully saturated rings. The quantitative estimate of drug-likeness (QED) is 0.734. The maximum atomic E-state index is 7.71. The van der Waals surface area contributed by atoms with E-state index in [0.717, 1.165) is 42.0 Å². The first-order chi connectivity index (χ1) is 12.7. The molecule has 1 saturated carbocycles. The Kier molecular flexibility index (Phi) is 3.27. The smallest absolute Gasteiger partial charge is 0.260 e. The molecule has 0 spiro atoms. The van der Waals surface area contributed by atoms with E-state index in [1.807, 2.05) is 16.8 Å². The molecule has 1 N–H and O–H groups in total. The lowest BCUT2D eigenvalue weighted by Crippen LogP contribution is -2.44. The second-order valence-electron chi connectivity index (χ2n) is 7.03. The van der Waals surface area contributed by atoms with Crippen LogP contribution in [0.3, 0.4) is 0 Å². The normalized spacial score (nSPS) is 21.7. The molecule has 3 aromatic heterocycles. The van der Waals surface area contributed by atoms with Crippen molar-refractivity contribution in [3.8, 4) is 11.5 Å². The molecule has 0 aromatic carbocycles. The van der Waals surface area contributed by atoms with Crippen molar-refractivity contribution in [1.29, 1.82) is 0 Å². The van der Waals surface area contributed by atoms with Crippen LogP contribution in [-0.4, -0.2) is 50.6 Å². The predicted octanol–water partition coefficient (Wildman–Crippen LogP) is 2.25. The zero-order valence-corrected chi connectivity index (χ0v) is 14.5. The number of nitrogens with one attached hydrogen (secondary N) is 1. The van der Waals surface area contributed by atoms with Crippen LogP contribution in [0.5, 0.6) is 0 Å². The van der Waals surface area contributed by atoms with Gasteiger partial charge in [-0.15, -0.1) is 5.10 Å². The first-order valence-electron chi connectivity index (χ1n) is 8.84. The van der Waals surface area contributed by atoms with Gasteiger partial charge in [0.15, 0.2) is 11.6 Å². The highest BCUT2D eigenvalue weighted by Gasteiger charge is 2.54. The molecule has 132 valence electrons. The summed E-state index contributed by atoms with van der Waals surface area (Å²) in [5, 5.41) is 11.9. The molecule has 8 nitrogen and oxygen atoms in total. The summed E-state index contributed by atoms with van der Waals surface area (Å²) in [4.78, 5) is 10.8. The van der Waals surface area contributed by atoms with Gasteiger partial charge >= 0.3 is 0 Å². The Labute approximate surface area is 150 Å². The second-order valence-corrected chi connectivity index (χ2v) is 7.03. The van der Waals surface area contributed by atoms with Crippen LogP contribution in [-0.2, 0) is 10.3 Å². The summed E-state index contributed by atoms with van der Waals surface area (Å²) in [7, 11) is 0. The number of hydrogen-bond acceptors (Lipinski definition) is 5. The lowest BCUT2D eigenvalue weighted by atomic mass is 10.1. The van der Waals surface area contributed by atoms with Crippen LogP contribution in [0.25, 0.3) is 21.9 Å². The fourth-order valence-electron chi connectivity index (χ4n) is 3.67. The molecule has 1 aliphatic heterocycles. The maximum absolute atomic E-state index is 7.71. The number of H-pyrrole nitrogens is 1. The number of aromatic nitrogens is 5. The van der Waals surface area contributed by atoms with Crippen molar-refractivity contribution in [2.24, 2.45) is 0 Å². The molecule has 3 aromatic rings. The Hall–Kier alpha value is -2.92. The minimum atomic E-state index is -0.431.